The highest BCUT2D eigenvalue weighted by Gasteiger charge is 2.28. The highest BCUT2D eigenvalue weighted by atomic mass is 16.1. The molecule has 1 aromatic rings. The van der Waals surface area contributed by atoms with Crippen LogP contribution in [0.5, 0.6) is 0 Å². The first-order valence-corrected chi connectivity index (χ1v) is 6.59. The van der Waals surface area contributed by atoms with Crippen molar-refractivity contribution in [2.75, 3.05) is 13.1 Å². The molecule has 98 valence electrons. The molecule has 0 aromatic carbocycles. The predicted octanol–water partition coefficient (Wildman–Crippen LogP) is 1.21. The summed E-state index contributed by atoms with van der Waals surface area (Å²) in [6, 6.07) is 4.63. The first kappa shape index (κ1) is 13.0. The molecule has 0 saturated carbocycles. The molecular weight excluding hydrogens is 226 g/mol. The SMILES string of the molecule is C[C@@H]1CC[C@@H](C(N)=O)CN1CCc1ccncc1. The number of primary amides is 1. The maximum absolute atomic E-state index is 11.3. The van der Waals surface area contributed by atoms with E-state index in [9.17, 15) is 4.79 Å². The number of nitrogens with zero attached hydrogens (tertiary/aromatic N) is 2. The number of carbonyl (C=O) groups is 1. The molecular formula is C14H21N3O. The van der Waals surface area contributed by atoms with Gasteiger partial charge in [0.25, 0.3) is 0 Å². The third-order valence-electron chi connectivity index (χ3n) is 3.85. The van der Waals surface area contributed by atoms with Crippen molar-refractivity contribution < 1.29 is 4.79 Å². The van der Waals surface area contributed by atoms with Crippen molar-refractivity contribution in [1.29, 1.82) is 0 Å². The number of amides is 1. The van der Waals surface area contributed by atoms with Gasteiger partial charge >= 0.3 is 0 Å². The lowest BCUT2D eigenvalue weighted by atomic mass is 9.92. The Bertz CT molecular complexity index is 393. The largest absolute Gasteiger partial charge is 0.369 e. The van der Waals surface area contributed by atoms with E-state index in [-0.39, 0.29) is 11.8 Å². The third kappa shape index (κ3) is 3.29. The van der Waals surface area contributed by atoms with Crippen molar-refractivity contribution in [3.63, 3.8) is 0 Å². The zero-order valence-electron chi connectivity index (χ0n) is 10.9. The van der Waals surface area contributed by atoms with E-state index in [2.05, 4.69) is 16.8 Å². The number of piperidine rings is 1. The van der Waals surface area contributed by atoms with E-state index < -0.39 is 0 Å². The van der Waals surface area contributed by atoms with Crippen molar-refractivity contribution in [1.82, 2.24) is 9.88 Å². The molecule has 2 heterocycles. The van der Waals surface area contributed by atoms with Gasteiger partial charge in [0.1, 0.15) is 0 Å². The van der Waals surface area contributed by atoms with Gasteiger partial charge in [0.15, 0.2) is 0 Å². The number of carbonyl (C=O) groups excluding carboxylic acids is 1. The quantitative estimate of drug-likeness (QED) is 0.870. The number of nitrogens with two attached hydrogens (primary N) is 1. The summed E-state index contributed by atoms with van der Waals surface area (Å²) in [5.41, 5.74) is 6.70. The molecule has 1 saturated heterocycles. The van der Waals surface area contributed by atoms with Crippen LogP contribution in [0.3, 0.4) is 0 Å². The second-order valence-electron chi connectivity index (χ2n) is 5.13. The van der Waals surface area contributed by atoms with Crippen molar-refractivity contribution in [3.8, 4) is 0 Å². The van der Waals surface area contributed by atoms with Gasteiger partial charge in [0, 0.05) is 31.5 Å². The number of hydrogen-bond acceptors (Lipinski definition) is 3. The van der Waals surface area contributed by atoms with Gasteiger partial charge in [-0.05, 0) is 43.9 Å². The van der Waals surface area contributed by atoms with Crippen LogP contribution in [0.25, 0.3) is 0 Å². The van der Waals surface area contributed by atoms with Crippen LogP contribution in [0, 0.1) is 5.92 Å². The Morgan fingerprint density at radius 1 is 1.44 bits per heavy atom. The first-order valence-electron chi connectivity index (χ1n) is 6.59. The lowest BCUT2D eigenvalue weighted by Gasteiger charge is -2.36. The lowest BCUT2D eigenvalue weighted by Crippen LogP contribution is -2.46. The molecule has 2 N–H and O–H groups in total. The molecule has 0 radical (unpaired) electrons. The van der Waals surface area contributed by atoms with Crippen LogP contribution in [0.4, 0.5) is 0 Å². The second kappa shape index (κ2) is 5.96. The minimum Gasteiger partial charge on any atom is -0.369 e. The number of rotatable bonds is 4. The monoisotopic (exact) mass is 247 g/mol. The zero-order chi connectivity index (χ0) is 13.0. The average molecular weight is 247 g/mol. The molecule has 1 aliphatic rings. The summed E-state index contributed by atoms with van der Waals surface area (Å²) in [5, 5.41) is 0. The average Bonchev–Trinajstić information content (AvgIpc) is 2.38. The van der Waals surface area contributed by atoms with Gasteiger partial charge in [-0.2, -0.15) is 0 Å². The van der Waals surface area contributed by atoms with Gasteiger partial charge < -0.3 is 5.73 Å². The molecule has 1 aromatic heterocycles. The number of pyridine rings is 1. The third-order valence-corrected chi connectivity index (χ3v) is 3.85. The fourth-order valence-corrected chi connectivity index (χ4v) is 2.55. The zero-order valence-corrected chi connectivity index (χ0v) is 10.9. The topological polar surface area (TPSA) is 59.2 Å². The van der Waals surface area contributed by atoms with Crippen LogP contribution in [0.1, 0.15) is 25.3 Å². The van der Waals surface area contributed by atoms with E-state index in [0.29, 0.717) is 6.04 Å². The minimum absolute atomic E-state index is 0.0265. The molecule has 18 heavy (non-hydrogen) atoms. The van der Waals surface area contributed by atoms with Gasteiger partial charge in [-0.1, -0.05) is 0 Å². The van der Waals surface area contributed by atoms with Gasteiger partial charge in [-0.15, -0.1) is 0 Å². The molecule has 0 spiro atoms. The van der Waals surface area contributed by atoms with E-state index in [1.165, 1.54) is 5.56 Å². The Hall–Kier alpha value is -1.42. The molecule has 2 atom stereocenters. The molecule has 0 aliphatic carbocycles. The Morgan fingerprint density at radius 2 is 2.17 bits per heavy atom. The summed E-state index contributed by atoms with van der Waals surface area (Å²) >= 11 is 0. The molecule has 4 nitrogen and oxygen atoms in total. The van der Waals surface area contributed by atoms with E-state index in [0.717, 1.165) is 32.4 Å². The van der Waals surface area contributed by atoms with Crippen LogP contribution in [-0.4, -0.2) is 34.9 Å². The Morgan fingerprint density at radius 3 is 2.83 bits per heavy atom. The van der Waals surface area contributed by atoms with E-state index >= 15 is 0 Å². The smallest absolute Gasteiger partial charge is 0.221 e. The van der Waals surface area contributed by atoms with Crippen molar-refractivity contribution in [2.45, 2.75) is 32.2 Å². The maximum atomic E-state index is 11.3. The summed E-state index contributed by atoms with van der Waals surface area (Å²) < 4.78 is 0. The normalized spacial score (nSPS) is 24.9. The van der Waals surface area contributed by atoms with Crippen LogP contribution >= 0.6 is 0 Å². The molecule has 1 aliphatic heterocycles. The van der Waals surface area contributed by atoms with Crippen LogP contribution < -0.4 is 5.73 Å². The molecule has 1 fully saturated rings. The van der Waals surface area contributed by atoms with Gasteiger partial charge in [-0.25, -0.2) is 0 Å². The molecule has 0 unspecified atom stereocenters. The number of likely N-dealkylation sites (tertiary alicyclic amines) is 1. The minimum atomic E-state index is -0.157. The second-order valence-corrected chi connectivity index (χ2v) is 5.13. The maximum Gasteiger partial charge on any atom is 0.221 e. The first-order chi connectivity index (χ1) is 8.66. The Balaban J connectivity index is 1.89. The van der Waals surface area contributed by atoms with Crippen LogP contribution in [0.2, 0.25) is 0 Å². The van der Waals surface area contributed by atoms with Crippen molar-refractivity contribution in [3.05, 3.63) is 30.1 Å². The lowest BCUT2D eigenvalue weighted by molar-refractivity contribution is -0.123. The van der Waals surface area contributed by atoms with Crippen LogP contribution in [-0.2, 0) is 11.2 Å². The van der Waals surface area contributed by atoms with Gasteiger partial charge in [0.05, 0.1) is 5.92 Å². The van der Waals surface area contributed by atoms with Crippen LogP contribution in [0.15, 0.2) is 24.5 Å². The van der Waals surface area contributed by atoms with Gasteiger partial charge in [-0.3, -0.25) is 14.7 Å². The highest BCUT2D eigenvalue weighted by molar-refractivity contribution is 5.76. The molecule has 2 rings (SSSR count). The van der Waals surface area contributed by atoms with Crippen molar-refractivity contribution >= 4 is 5.91 Å². The fourth-order valence-electron chi connectivity index (χ4n) is 2.55. The molecule has 0 bridgehead atoms. The summed E-state index contributed by atoms with van der Waals surface area (Å²) in [6.45, 7) is 4.01. The molecule has 1 amide bonds. The van der Waals surface area contributed by atoms with E-state index in [4.69, 9.17) is 5.73 Å². The number of aromatic nitrogens is 1. The van der Waals surface area contributed by atoms with Crippen molar-refractivity contribution in [2.24, 2.45) is 11.7 Å². The van der Waals surface area contributed by atoms with Gasteiger partial charge in [0.2, 0.25) is 5.91 Å². The highest BCUT2D eigenvalue weighted by Crippen LogP contribution is 2.21. The number of hydrogen-bond donors (Lipinski definition) is 1. The van der Waals surface area contributed by atoms with E-state index in [1.54, 1.807) is 0 Å². The summed E-state index contributed by atoms with van der Waals surface area (Å²) in [4.78, 5) is 17.7. The Labute approximate surface area is 108 Å². The standard InChI is InChI=1S/C14H21N3O/c1-11-2-3-13(14(15)18)10-17(11)9-6-12-4-7-16-8-5-12/h4-5,7-8,11,13H,2-3,6,9-10H2,1H3,(H2,15,18)/t11-,13-/m1/s1. The summed E-state index contributed by atoms with van der Waals surface area (Å²) in [7, 11) is 0. The molecule has 4 heteroatoms. The Kier molecular flexibility index (Phi) is 4.31. The predicted molar refractivity (Wildman–Crippen MR) is 70.9 cm³/mol. The summed E-state index contributed by atoms with van der Waals surface area (Å²) in [6.07, 6.45) is 6.63. The fraction of sp³-hybridized carbons (Fsp3) is 0.571. The van der Waals surface area contributed by atoms with E-state index in [1.807, 2.05) is 24.5 Å². The summed E-state index contributed by atoms with van der Waals surface area (Å²) in [5.74, 6) is -0.130.